The van der Waals surface area contributed by atoms with Gasteiger partial charge in [-0.3, -0.25) is 4.79 Å². The minimum atomic E-state index is -0.0470. The van der Waals surface area contributed by atoms with Crippen molar-refractivity contribution in [1.82, 2.24) is 5.32 Å². The molecule has 1 aromatic carbocycles. The summed E-state index contributed by atoms with van der Waals surface area (Å²) in [5.74, 6) is -0.0470. The van der Waals surface area contributed by atoms with E-state index in [2.05, 4.69) is 18.3 Å². The third-order valence-corrected chi connectivity index (χ3v) is 3.91. The summed E-state index contributed by atoms with van der Waals surface area (Å²) in [6.45, 7) is 2.83. The van der Waals surface area contributed by atoms with Crippen LogP contribution in [0.25, 0.3) is 5.03 Å². The monoisotopic (exact) mass is 289 g/mol. The van der Waals surface area contributed by atoms with Crippen molar-refractivity contribution >= 4 is 22.5 Å². The molecule has 0 aliphatic heterocycles. The number of fused-ring (bicyclic) bond motifs is 1. The van der Waals surface area contributed by atoms with E-state index in [4.69, 9.17) is 11.6 Å². The van der Waals surface area contributed by atoms with Crippen molar-refractivity contribution in [3.8, 4) is 0 Å². The predicted octanol–water partition coefficient (Wildman–Crippen LogP) is 4.06. The Labute approximate surface area is 125 Å². The van der Waals surface area contributed by atoms with Crippen molar-refractivity contribution in [2.75, 3.05) is 6.54 Å². The Morgan fingerprint density at radius 2 is 2.15 bits per heavy atom. The molecular formula is C17H20ClNO. The zero-order valence-corrected chi connectivity index (χ0v) is 12.5. The van der Waals surface area contributed by atoms with Crippen LogP contribution in [0.5, 0.6) is 0 Å². The summed E-state index contributed by atoms with van der Waals surface area (Å²) < 4.78 is 0. The highest BCUT2D eigenvalue weighted by atomic mass is 35.5. The smallest absolute Gasteiger partial charge is 0.243 e. The van der Waals surface area contributed by atoms with Crippen LogP contribution in [0.15, 0.2) is 42.0 Å². The molecule has 1 amide bonds. The van der Waals surface area contributed by atoms with Crippen LogP contribution < -0.4 is 5.32 Å². The van der Waals surface area contributed by atoms with Gasteiger partial charge >= 0.3 is 0 Å². The number of carbonyl (C=O) groups excluding carboxylic acids is 1. The van der Waals surface area contributed by atoms with Gasteiger partial charge in [0.1, 0.15) is 0 Å². The third kappa shape index (κ3) is 3.73. The highest BCUT2D eigenvalue weighted by molar-refractivity contribution is 6.49. The summed E-state index contributed by atoms with van der Waals surface area (Å²) in [5.41, 5.74) is 3.41. The summed E-state index contributed by atoms with van der Waals surface area (Å²) in [5, 5.41) is 3.63. The van der Waals surface area contributed by atoms with Gasteiger partial charge in [0.2, 0.25) is 5.91 Å². The molecule has 0 heterocycles. The Bertz CT molecular complexity index is 546. The zero-order chi connectivity index (χ0) is 14.4. The fourth-order valence-corrected chi connectivity index (χ4v) is 2.63. The molecule has 2 rings (SSSR count). The van der Waals surface area contributed by atoms with E-state index in [0.717, 1.165) is 48.4 Å². The summed E-state index contributed by atoms with van der Waals surface area (Å²) >= 11 is 6.42. The molecule has 1 aliphatic carbocycles. The topological polar surface area (TPSA) is 29.1 Å². The first kappa shape index (κ1) is 14.9. The van der Waals surface area contributed by atoms with Crippen molar-refractivity contribution in [3.63, 3.8) is 0 Å². The van der Waals surface area contributed by atoms with Crippen LogP contribution in [0.1, 0.15) is 37.3 Å². The second-order valence-electron chi connectivity index (χ2n) is 4.97. The maximum Gasteiger partial charge on any atom is 0.243 e. The van der Waals surface area contributed by atoms with E-state index in [9.17, 15) is 4.79 Å². The van der Waals surface area contributed by atoms with Crippen molar-refractivity contribution in [3.05, 3.63) is 53.1 Å². The number of halogens is 1. The molecule has 2 nitrogen and oxygen atoms in total. The number of unbranched alkanes of at least 4 members (excludes halogenated alkanes) is 1. The van der Waals surface area contributed by atoms with Gasteiger partial charge in [-0.2, -0.15) is 0 Å². The fraction of sp³-hybridized carbons (Fsp3) is 0.353. The molecule has 0 bridgehead atoms. The maximum absolute atomic E-state index is 11.6. The molecular weight excluding hydrogens is 270 g/mol. The fourth-order valence-electron chi connectivity index (χ4n) is 2.28. The first-order valence-corrected chi connectivity index (χ1v) is 7.53. The quantitative estimate of drug-likeness (QED) is 0.643. The molecule has 0 radical (unpaired) electrons. The molecule has 0 fully saturated rings. The van der Waals surface area contributed by atoms with E-state index in [1.165, 1.54) is 5.56 Å². The lowest BCUT2D eigenvalue weighted by Gasteiger charge is -2.17. The summed E-state index contributed by atoms with van der Waals surface area (Å²) in [4.78, 5) is 11.6. The molecule has 0 saturated carbocycles. The van der Waals surface area contributed by atoms with Crippen LogP contribution in [0.2, 0.25) is 0 Å². The average molecular weight is 290 g/mol. The minimum Gasteiger partial charge on any atom is -0.353 e. The van der Waals surface area contributed by atoms with Crippen molar-refractivity contribution in [2.45, 2.75) is 32.6 Å². The number of amides is 1. The Balaban J connectivity index is 2.05. The standard InChI is InChI=1S/C17H20ClNO/c1-2-3-12-19-16(20)11-10-14-9-8-13-6-4-5-7-15(13)17(14)18/h4-7,10-11H,2-3,8-9,12H2,1H3,(H,19,20)/b11-10+. The van der Waals surface area contributed by atoms with Gasteiger partial charge in [-0.25, -0.2) is 0 Å². The number of nitrogens with one attached hydrogen (secondary N) is 1. The molecule has 106 valence electrons. The molecule has 0 aromatic heterocycles. The van der Waals surface area contributed by atoms with Crippen LogP contribution in [0, 0.1) is 0 Å². The van der Waals surface area contributed by atoms with Crippen LogP contribution in [-0.2, 0) is 11.2 Å². The van der Waals surface area contributed by atoms with E-state index in [0.29, 0.717) is 0 Å². The van der Waals surface area contributed by atoms with E-state index in [-0.39, 0.29) is 5.91 Å². The van der Waals surface area contributed by atoms with Crippen LogP contribution in [0.3, 0.4) is 0 Å². The Hall–Kier alpha value is -1.54. The summed E-state index contributed by atoms with van der Waals surface area (Å²) in [6, 6.07) is 8.16. The Morgan fingerprint density at radius 3 is 2.95 bits per heavy atom. The first-order valence-electron chi connectivity index (χ1n) is 7.15. The molecule has 0 unspecified atom stereocenters. The lowest BCUT2D eigenvalue weighted by atomic mass is 9.92. The Kier molecular flexibility index (Phi) is 5.42. The van der Waals surface area contributed by atoms with E-state index in [1.807, 2.05) is 24.3 Å². The normalized spacial score (nSPS) is 14.5. The van der Waals surface area contributed by atoms with Crippen LogP contribution in [0.4, 0.5) is 0 Å². The highest BCUT2D eigenvalue weighted by Gasteiger charge is 2.15. The number of hydrogen-bond acceptors (Lipinski definition) is 1. The van der Waals surface area contributed by atoms with Crippen LogP contribution >= 0.6 is 11.6 Å². The van der Waals surface area contributed by atoms with Gasteiger partial charge in [0.05, 0.1) is 5.03 Å². The highest BCUT2D eigenvalue weighted by Crippen LogP contribution is 2.34. The summed E-state index contributed by atoms with van der Waals surface area (Å²) in [7, 11) is 0. The lowest BCUT2D eigenvalue weighted by molar-refractivity contribution is -0.116. The van der Waals surface area contributed by atoms with Gasteiger partial charge in [0.15, 0.2) is 0 Å². The van der Waals surface area contributed by atoms with Gasteiger partial charge in [0, 0.05) is 12.6 Å². The van der Waals surface area contributed by atoms with Crippen molar-refractivity contribution < 1.29 is 4.79 Å². The SMILES string of the molecule is CCCCNC(=O)/C=C/C1=C(Cl)c2ccccc2CC1. The molecule has 0 spiro atoms. The molecule has 1 aromatic rings. The van der Waals surface area contributed by atoms with Crippen molar-refractivity contribution in [2.24, 2.45) is 0 Å². The van der Waals surface area contributed by atoms with E-state index < -0.39 is 0 Å². The first-order chi connectivity index (χ1) is 9.72. The zero-order valence-electron chi connectivity index (χ0n) is 11.8. The Morgan fingerprint density at radius 1 is 1.35 bits per heavy atom. The van der Waals surface area contributed by atoms with E-state index >= 15 is 0 Å². The molecule has 3 heteroatoms. The van der Waals surface area contributed by atoms with Gasteiger partial charge in [0.25, 0.3) is 0 Å². The molecule has 0 saturated heterocycles. The van der Waals surface area contributed by atoms with Gasteiger partial charge < -0.3 is 5.32 Å². The average Bonchev–Trinajstić information content (AvgIpc) is 2.47. The largest absolute Gasteiger partial charge is 0.353 e. The number of rotatable bonds is 5. The number of allylic oxidation sites excluding steroid dienone is 2. The van der Waals surface area contributed by atoms with Gasteiger partial charge in [-0.05, 0) is 36.0 Å². The predicted molar refractivity (Wildman–Crippen MR) is 84.6 cm³/mol. The van der Waals surface area contributed by atoms with Gasteiger partial charge in [-0.1, -0.05) is 55.3 Å². The second-order valence-corrected chi connectivity index (χ2v) is 5.35. The molecule has 1 N–H and O–H groups in total. The van der Waals surface area contributed by atoms with E-state index in [1.54, 1.807) is 6.08 Å². The number of hydrogen-bond donors (Lipinski definition) is 1. The van der Waals surface area contributed by atoms with Crippen LogP contribution in [-0.4, -0.2) is 12.5 Å². The molecule has 1 aliphatic rings. The van der Waals surface area contributed by atoms with Gasteiger partial charge in [-0.15, -0.1) is 0 Å². The minimum absolute atomic E-state index is 0.0470. The lowest BCUT2D eigenvalue weighted by Crippen LogP contribution is -2.21. The van der Waals surface area contributed by atoms with Crippen molar-refractivity contribution in [1.29, 1.82) is 0 Å². The number of benzene rings is 1. The molecule has 0 atom stereocenters. The maximum atomic E-state index is 11.6. The molecule has 20 heavy (non-hydrogen) atoms. The second kappa shape index (κ2) is 7.30. The third-order valence-electron chi connectivity index (χ3n) is 3.46. The summed E-state index contributed by atoms with van der Waals surface area (Å²) in [6.07, 6.45) is 7.38. The number of carbonyl (C=O) groups is 1. The number of aryl methyl sites for hydroxylation is 1.